The summed E-state index contributed by atoms with van der Waals surface area (Å²) in [5, 5.41) is 0. The predicted molar refractivity (Wildman–Crippen MR) is 36.9 cm³/mol. The van der Waals surface area contributed by atoms with Crippen LogP contribution >= 0.6 is 0 Å². The van der Waals surface area contributed by atoms with E-state index in [0.29, 0.717) is 19.3 Å². The third-order valence-electron chi connectivity index (χ3n) is 1.66. The first-order valence-corrected chi connectivity index (χ1v) is 3.49. The molecule has 0 aromatic carbocycles. The summed E-state index contributed by atoms with van der Waals surface area (Å²) in [6.45, 7) is 1.76. The fraction of sp³-hybridized carbons (Fsp3) is 0.500. The summed E-state index contributed by atoms with van der Waals surface area (Å²) in [5.74, 6) is -0.645. The number of rotatable bonds is 1. The second kappa shape index (κ2) is 2.95. The highest BCUT2D eigenvalue weighted by Gasteiger charge is 2.13. The summed E-state index contributed by atoms with van der Waals surface area (Å²) < 4.78 is 25.4. The monoisotopic (exact) mass is 144 g/mol. The molecule has 0 saturated carbocycles. The first kappa shape index (κ1) is 7.45. The SMILES string of the molecule is CCC1=C(F)CCC=C1F. The lowest BCUT2D eigenvalue weighted by molar-refractivity contribution is 0.533. The number of hydrogen-bond donors (Lipinski definition) is 0. The quantitative estimate of drug-likeness (QED) is 0.529. The van der Waals surface area contributed by atoms with Gasteiger partial charge in [-0.1, -0.05) is 6.92 Å². The first-order valence-electron chi connectivity index (χ1n) is 3.49. The molecule has 0 spiro atoms. The summed E-state index contributed by atoms with van der Waals surface area (Å²) in [7, 11) is 0. The van der Waals surface area contributed by atoms with Gasteiger partial charge in [0, 0.05) is 12.0 Å². The van der Waals surface area contributed by atoms with Gasteiger partial charge in [-0.3, -0.25) is 0 Å². The molecule has 0 amide bonds. The van der Waals surface area contributed by atoms with E-state index in [1.54, 1.807) is 6.92 Å². The van der Waals surface area contributed by atoms with Crippen LogP contribution in [0.15, 0.2) is 23.3 Å². The zero-order valence-corrected chi connectivity index (χ0v) is 5.95. The standard InChI is InChI=1S/C8H10F2/c1-2-6-7(9)4-3-5-8(6)10/h4H,2-3,5H2,1H3. The molecule has 10 heavy (non-hydrogen) atoms. The van der Waals surface area contributed by atoms with Gasteiger partial charge in [0.15, 0.2) is 0 Å². The molecular weight excluding hydrogens is 134 g/mol. The second-order valence-electron chi connectivity index (χ2n) is 2.33. The Morgan fingerprint density at radius 1 is 1.50 bits per heavy atom. The molecular formula is C8H10F2. The van der Waals surface area contributed by atoms with Crippen LogP contribution in [-0.2, 0) is 0 Å². The number of halogens is 2. The Bertz CT molecular complexity index is 189. The van der Waals surface area contributed by atoms with Crippen LogP contribution in [0.4, 0.5) is 8.78 Å². The molecule has 0 bridgehead atoms. The molecule has 0 unspecified atom stereocenters. The van der Waals surface area contributed by atoms with E-state index >= 15 is 0 Å². The van der Waals surface area contributed by atoms with Crippen molar-refractivity contribution >= 4 is 0 Å². The number of allylic oxidation sites excluding steroid dienone is 4. The van der Waals surface area contributed by atoms with E-state index in [-0.39, 0.29) is 17.2 Å². The summed E-state index contributed by atoms with van der Waals surface area (Å²) in [4.78, 5) is 0. The average molecular weight is 144 g/mol. The molecule has 56 valence electrons. The van der Waals surface area contributed by atoms with E-state index in [1.807, 2.05) is 0 Å². The normalized spacial score (nSPS) is 19.3. The van der Waals surface area contributed by atoms with E-state index < -0.39 is 0 Å². The summed E-state index contributed by atoms with van der Waals surface area (Å²) in [6.07, 6.45) is 2.77. The molecule has 0 aliphatic heterocycles. The van der Waals surface area contributed by atoms with Gasteiger partial charge in [-0.2, -0.15) is 0 Å². The van der Waals surface area contributed by atoms with Gasteiger partial charge in [-0.05, 0) is 18.9 Å². The largest absolute Gasteiger partial charge is 0.211 e. The van der Waals surface area contributed by atoms with Gasteiger partial charge in [0.05, 0.1) is 0 Å². The van der Waals surface area contributed by atoms with Crippen LogP contribution in [0.3, 0.4) is 0 Å². The summed E-state index contributed by atoms with van der Waals surface area (Å²) in [5.41, 5.74) is 0.256. The maximum atomic E-state index is 12.7. The van der Waals surface area contributed by atoms with Crippen LogP contribution in [0.1, 0.15) is 26.2 Å². The summed E-state index contributed by atoms with van der Waals surface area (Å²) >= 11 is 0. The lowest BCUT2D eigenvalue weighted by Gasteiger charge is -2.08. The Balaban J connectivity index is 2.87. The highest BCUT2D eigenvalue weighted by Crippen LogP contribution is 2.28. The highest BCUT2D eigenvalue weighted by atomic mass is 19.1. The van der Waals surface area contributed by atoms with Crippen molar-refractivity contribution in [2.75, 3.05) is 0 Å². The van der Waals surface area contributed by atoms with Gasteiger partial charge in [0.25, 0.3) is 0 Å². The molecule has 0 aromatic heterocycles. The van der Waals surface area contributed by atoms with Crippen molar-refractivity contribution in [3.8, 4) is 0 Å². The van der Waals surface area contributed by atoms with Crippen LogP contribution in [0.2, 0.25) is 0 Å². The zero-order chi connectivity index (χ0) is 7.56. The predicted octanol–water partition coefficient (Wildman–Crippen LogP) is 3.27. The van der Waals surface area contributed by atoms with E-state index in [2.05, 4.69) is 0 Å². The topological polar surface area (TPSA) is 0 Å². The van der Waals surface area contributed by atoms with E-state index in [0.717, 1.165) is 0 Å². The van der Waals surface area contributed by atoms with Crippen LogP contribution in [0, 0.1) is 0 Å². The minimum atomic E-state index is -0.369. The third kappa shape index (κ3) is 1.25. The molecule has 0 nitrogen and oxygen atoms in total. The molecule has 0 heterocycles. The maximum absolute atomic E-state index is 12.7. The van der Waals surface area contributed by atoms with Crippen LogP contribution in [0.5, 0.6) is 0 Å². The lowest BCUT2D eigenvalue weighted by atomic mass is 10.0. The molecule has 1 rings (SSSR count). The van der Waals surface area contributed by atoms with Gasteiger partial charge < -0.3 is 0 Å². The van der Waals surface area contributed by atoms with E-state index in [1.165, 1.54) is 6.08 Å². The average Bonchev–Trinajstić information content (AvgIpc) is 1.88. The van der Waals surface area contributed by atoms with Gasteiger partial charge >= 0.3 is 0 Å². The van der Waals surface area contributed by atoms with Gasteiger partial charge in [0.1, 0.15) is 11.7 Å². The zero-order valence-electron chi connectivity index (χ0n) is 5.95. The highest BCUT2D eigenvalue weighted by molar-refractivity contribution is 5.30. The molecule has 0 fully saturated rings. The van der Waals surface area contributed by atoms with Crippen molar-refractivity contribution in [3.05, 3.63) is 23.3 Å². The first-order chi connectivity index (χ1) is 4.75. The van der Waals surface area contributed by atoms with Crippen LogP contribution < -0.4 is 0 Å². The Labute approximate surface area is 59.2 Å². The minimum absolute atomic E-state index is 0.256. The van der Waals surface area contributed by atoms with Crippen molar-refractivity contribution in [3.63, 3.8) is 0 Å². The molecule has 1 aliphatic rings. The Morgan fingerprint density at radius 2 is 2.20 bits per heavy atom. The molecule has 0 aromatic rings. The van der Waals surface area contributed by atoms with Crippen molar-refractivity contribution in [1.29, 1.82) is 0 Å². The maximum Gasteiger partial charge on any atom is 0.125 e. The second-order valence-corrected chi connectivity index (χ2v) is 2.33. The Morgan fingerprint density at radius 3 is 2.60 bits per heavy atom. The van der Waals surface area contributed by atoms with Gasteiger partial charge in [-0.25, -0.2) is 8.78 Å². The third-order valence-corrected chi connectivity index (χ3v) is 1.66. The Hall–Kier alpha value is -0.660. The fourth-order valence-corrected chi connectivity index (χ4v) is 1.09. The van der Waals surface area contributed by atoms with Gasteiger partial charge in [-0.15, -0.1) is 0 Å². The minimum Gasteiger partial charge on any atom is -0.211 e. The smallest absolute Gasteiger partial charge is 0.125 e. The van der Waals surface area contributed by atoms with Crippen molar-refractivity contribution < 1.29 is 8.78 Å². The molecule has 2 heteroatoms. The molecule has 1 aliphatic carbocycles. The van der Waals surface area contributed by atoms with Gasteiger partial charge in [0.2, 0.25) is 0 Å². The van der Waals surface area contributed by atoms with Crippen molar-refractivity contribution in [2.45, 2.75) is 26.2 Å². The molecule has 0 saturated heterocycles. The van der Waals surface area contributed by atoms with Crippen molar-refractivity contribution in [2.24, 2.45) is 0 Å². The van der Waals surface area contributed by atoms with Crippen molar-refractivity contribution in [1.82, 2.24) is 0 Å². The lowest BCUT2D eigenvalue weighted by Crippen LogP contribution is -1.93. The summed E-state index contributed by atoms with van der Waals surface area (Å²) in [6, 6.07) is 0. The molecule has 0 N–H and O–H groups in total. The van der Waals surface area contributed by atoms with E-state index in [9.17, 15) is 8.78 Å². The Kier molecular flexibility index (Phi) is 2.20. The molecule has 0 atom stereocenters. The van der Waals surface area contributed by atoms with Crippen LogP contribution in [0.25, 0.3) is 0 Å². The van der Waals surface area contributed by atoms with Crippen LogP contribution in [-0.4, -0.2) is 0 Å². The van der Waals surface area contributed by atoms with E-state index in [4.69, 9.17) is 0 Å². The number of hydrogen-bond acceptors (Lipinski definition) is 0. The molecule has 0 radical (unpaired) electrons. The fourth-order valence-electron chi connectivity index (χ4n) is 1.09.